The molecular formula is C18H17ClN4O3. The second-order valence-corrected chi connectivity index (χ2v) is 5.57. The summed E-state index contributed by atoms with van der Waals surface area (Å²) < 4.78 is 16.3. The van der Waals surface area contributed by atoms with Crippen LogP contribution >= 0.6 is 11.6 Å². The fraction of sp³-hybridized carbons (Fsp3) is 0.167. The number of hydrogen-bond donors (Lipinski definition) is 0. The zero-order valence-electron chi connectivity index (χ0n) is 14.5. The van der Waals surface area contributed by atoms with Crippen molar-refractivity contribution in [2.75, 3.05) is 26.2 Å². The summed E-state index contributed by atoms with van der Waals surface area (Å²) in [5.41, 5.74) is 1.52. The molecule has 0 aliphatic rings. The monoisotopic (exact) mass is 372 g/mol. The smallest absolute Gasteiger partial charge is 0.254 e. The number of halogens is 1. The number of rotatable bonds is 6. The van der Waals surface area contributed by atoms with Gasteiger partial charge in [-0.15, -0.1) is 5.10 Å². The van der Waals surface area contributed by atoms with E-state index in [1.54, 1.807) is 39.7 Å². The lowest BCUT2D eigenvalue weighted by molar-refractivity contribution is 0.324. The Bertz CT molecular complexity index is 850. The molecule has 8 heteroatoms. The van der Waals surface area contributed by atoms with E-state index in [0.717, 1.165) is 11.4 Å². The SMILES string of the molecule is COc1cc(N(c2ccc(Cl)cc2)c2nccnn2)cc(OC)c1OC. The number of anilines is 3. The van der Waals surface area contributed by atoms with Crippen LogP contribution < -0.4 is 19.1 Å². The predicted molar refractivity (Wildman–Crippen MR) is 99.2 cm³/mol. The molecule has 1 aromatic heterocycles. The summed E-state index contributed by atoms with van der Waals surface area (Å²) in [4.78, 5) is 6.13. The Labute approximate surface area is 156 Å². The van der Waals surface area contributed by atoms with Gasteiger partial charge in [-0.25, -0.2) is 4.98 Å². The van der Waals surface area contributed by atoms with E-state index in [2.05, 4.69) is 15.2 Å². The fourth-order valence-electron chi connectivity index (χ4n) is 2.51. The van der Waals surface area contributed by atoms with Crippen molar-refractivity contribution in [2.45, 2.75) is 0 Å². The van der Waals surface area contributed by atoms with Gasteiger partial charge in [-0.2, -0.15) is 5.10 Å². The van der Waals surface area contributed by atoms with Gasteiger partial charge in [0.25, 0.3) is 5.95 Å². The molecule has 0 saturated carbocycles. The largest absolute Gasteiger partial charge is 0.493 e. The molecule has 0 unspecified atom stereocenters. The summed E-state index contributed by atoms with van der Waals surface area (Å²) in [5.74, 6) is 1.93. The normalized spacial score (nSPS) is 10.3. The summed E-state index contributed by atoms with van der Waals surface area (Å²) in [6, 6.07) is 10.9. The van der Waals surface area contributed by atoms with Crippen molar-refractivity contribution < 1.29 is 14.2 Å². The first-order chi connectivity index (χ1) is 12.7. The minimum Gasteiger partial charge on any atom is -0.493 e. The van der Waals surface area contributed by atoms with Crippen LogP contribution in [0.5, 0.6) is 17.2 Å². The van der Waals surface area contributed by atoms with Crippen LogP contribution in [0.2, 0.25) is 5.02 Å². The summed E-state index contributed by atoms with van der Waals surface area (Å²) in [6.45, 7) is 0. The molecule has 3 aromatic rings. The van der Waals surface area contributed by atoms with Gasteiger partial charge in [-0.05, 0) is 24.3 Å². The maximum absolute atomic E-state index is 6.02. The van der Waals surface area contributed by atoms with Crippen LogP contribution in [0.4, 0.5) is 17.3 Å². The number of aromatic nitrogens is 3. The molecule has 1 heterocycles. The highest BCUT2D eigenvalue weighted by Gasteiger charge is 2.21. The lowest BCUT2D eigenvalue weighted by Gasteiger charge is -2.24. The van der Waals surface area contributed by atoms with E-state index in [-0.39, 0.29) is 0 Å². The van der Waals surface area contributed by atoms with Crippen LogP contribution in [0.15, 0.2) is 48.8 Å². The standard InChI is InChI=1S/C18H17ClN4O3/c1-24-15-10-14(11-16(25-2)17(15)26-3)23(18-20-8-9-21-22-18)13-6-4-12(19)5-7-13/h4-11H,1-3H3. The molecule has 0 aliphatic carbocycles. The third kappa shape index (κ3) is 3.48. The minimum atomic E-state index is 0.393. The van der Waals surface area contributed by atoms with Gasteiger partial charge in [0.15, 0.2) is 11.5 Å². The van der Waals surface area contributed by atoms with Crippen LogP contribution in [-0.2, 0) is 0 Å². The van der Waals surface area contributed by atoms with Gasteiger partial charge in [-0.3, -0.25) is 4.90 Å². The fourth-order valence-corrected chi connectivity index (χ4v) is 2.64. The first-order valence-corrected chi connectivity index (χ1v) is 8.05. The third-order valence-corrected chi connectivity index (χ3v) is 3.92. The molecule has 0 bridgehead atoms. The number of methoxy groups -OCH3 is 3. The number of benzene rings is 2. The molecule has 3 rings (SSSR count). The minimum absolute atomic E-state index is 0.393. The Balaban J connectivity index is 2.20. The molecule has 0 spiro atoms. The van der Waals surface area contributed by atoms with Crippen molar-refractivity contribution in [1.82, 2.24) is 15.2 Å². The molecule has 0 atom stereocenters. The quantitative estimate of drug-likeness (QED) is 0.647. The molecule has 0 N–H and O–H groups in total. The molecule has 0 amide bonds. The summed E-state index contributed by atoms with van der Waals surface area (Å²) in [5, 5.41) is 8.68. The summed E-state index contributed by atoms with van der Waals surface area (Å²) >= 11 is 6.02. The molecule has 134 valence electrons. The average Bonchev–Trinajstić information content (AvgIpc) is 2.69. The lowest BCUT2D eigenvalue weighted by atomic mass is 10.2. The van der Waals surface area contributed by atoms with E-state index in [9.17, 15) is 0 Å². The molecular weight excluding hydrogens is 356 g/mol. The van der Waals surface area contributed by atoms with E-state index < -0.39 is 0 Å². The first-order valence-electron chi connectivity index (χ1n) is 7.67. The molecule has 26 heavy (non-hydrogen) atoms. The van der Waals surface area contributed by atoms with Gasteiger partial charge >= 0.3 is 0 Å². The van der Waals surface area contributed by atoms with Crippen molar-refractivity contribution in [3.05, 3.63) is 53.8 Å². The van der Waals surface area contributed by atoms with Crippen molar-refractivity contribution >= 4 is 28.9 Å². The average molecular weight is 373 g/mol. The Morgan fingerprint density at radius 1 is 0.846 bits per heavy atom. The molecule has 0 fully saturated rings. The zero-order valence-corrected chi connectivity index (χ0v) is 15.3. The molecule has 0 saturated heterocycles. The number of hydrogen-bond acceptors (Lipinski definition) is 7. The Morgan fingerprint density at radius 3 is 2.00 bits per heavy atom. The predicted octanol–water partition coefficient (Wildman–Crippen LogP) is 4.02. The Morgan fingerprint density at radius 2 is 1.50 bits per heavy atom. The van der Waals surface area contributed by atoms with Crippen LogP contribution in [0.25, 0.3) is 0 Å². The van der Waals surface area contributed by atoms with Gasteiger partial charge in [-0.1, -0.05) is 11.6 Å². The van der Waals surface area contributed by atoms with Gasteiger partial charge in [0, 0.05) is 22.8 Å². The van der Waals surface area contributed by atoms with Gasteiger partial charge in [0.1, 0.15) is 0 Å². The number of nitrogens with zero attached hydrogens (tertiary/aromatic N) is 4. The van der Waals surface area contributed by atoms with E-state index in [0.29, 0.717) is 28.2 Å². The maximum atomic E-state index is 6.02. The topological polar surface area (TPSA) is 69.6 Å². The van der Waals surface area contributed by atoms with E-state index in [1.807, 2.05) is 29.2 Å². The van der Waals surface area contributed by atoms with Crippen LogP contribution in [0, 0.1) is 0 Å². The van der Waals surface area contributed by atoms with Crippen molar-refractivity contribution in [1.29, 1.82) is 0 Å². The highest BCUT2D eigenvalue weighted by molar-refractivity contribution is 6.30. The van der Waals surface area contributed by atoms with Crippen LogP contribution in [0.1, 0.15) is 0 Å². The summed E-state index contributed by atoms with van der Waals surface area (Å²) in [7, 11) is 4.68. The maximum Gasteiger partial charge on any atom is 0.254 e. The second-order valence-electron chi connectivity index (χ2n) is 5.14. The zero-order chi connectivity index (χ0) is 18.5. The molecule has 0 radical (unpaired) electrons. The first kappa shape index (κ1) is 17.8. The number of ether oxygens (including phenoxy) is 3. The Kier molecular flexibility index (Phi) is 5.38. The second kappa shape index (κ2) is 7.88. The highest BCUT2D eigenvalue weighted by Crippen LogP contribution is 2.44. The van der Waals surface area contributed by atoms with Crippen molar-refractivity contribution in [2.24, 2.45) is 0 Å². The van der Waals surface area contributed by atoms with E-state index in [1.165, 1.54) is 6.20 Å². The lowest BCUT2D eigenvalue weighted by Crippen LogP contribution is -2.14. The molecule has 2 aromatic carbocycles. The molecule has 0 aliphatic heterocycles. The summed E-state index contributed by atoms with van der Waals surface area (Å²) in [6.07, 6.45) is 3.09. The Hall–Kier alpha value is -3.06. The molecule has 7 nitrogen and oxygen atoms in total. The highest BCUT2D eigenvalue weighted by atomic mass is 35.5. The van der Waals surface area contributed by atoms with Gasteiger partial charge in [0.05, 0.1) is 39.4 Å². The van der Waals surface area contributed by atoms with Crippen LogP contribution in [-0.4, -0.2) is 36.5 Å². The van der Waals surface area contributed by atoms with E-state index in [4.69, 9.17) is 25.8 Å². The van der Waals surface area contributed by atoms with Gasteiger partial charge < -0.3 is 14.2 Å². The van der Waals surface area contributed by atoms with Crippen molar-refractivity contribution in [3.63, 3.8) is 0 Å². The van der Waals surface area contributed by atoms with E-state index >= 15 is 0 Å². The third-order valence-electron chi connectivity index (χ3n) is 3.66. The van der Waals surface area contributed by atoms with Crippen molar-refractivity contribution in [3.8, 4) is 17.2 Å². The van der Waals surface area contributed by atoms with Crippen LogP contribution in [0.3, 0.4) is 0 Å². The van der Waals surface area contributed by atoms with Gasteiger partial charge in [0.2, 0.25) is 5.75 Å².